The van der Waals surface area contributed by atoms with Gasteiger partial charge in [-0.3, -0.25) is 5.43 Å². The molecule has 62 valence electrons. The van der Waals surface area contributed by atoms with Crippen LogP contribution in [0.1, 0.15) is 6.92 Å². The summed E-state index contributed by atoms with van der Waals surface area (Å²) in [6.45, 7) is 2.54. The summed E-state index contributed by atoms with van der Waals surface area (Å²) in [5.74, 6) is -1.11. The summed E-state index contributed by atoms with van der Waals surface area (Å²) < 4.78 is 0. The molecule has 0 aliphatic rings. The fraction of sp³-hybridized carbons (Fsp3) is 0.400. The molecule has 0 aromatic heterocycles. The maximum Gasteiger partial charge on any atom is 0.348 e. The first-order chi connectivity index (χ1) is 5.16. The Morgan fingerprint density at radius 1 is 1.82 bits per heavy atom. The van der Waals surface area contributed by atoms with Gasteiger partial charge in [-0.05, 0) is 19.1 Å². The predicted molar refractivity (Wildman–Crippen MR) is 45.5 cm³/mol. The second-order valence-electron chi connectivity index (χ2n) is 1.57. The van der Waals surface area contributed by atoms with E-state index in [0.29, 0.717) is 11.7 Å². The minimum atomic E-state index is -1.11. The van der Waals surface area contributed by atoms with Gasteiger partial charge in [0.2, 0.25) is 0 Å². The topological polar surface area (TPSA) is 73.7 Å². The van der Waals surface area contributed by atoms with Gasteiger partial charge in [0.05, 0.1) is 0 Å². The van der Waals surface area contributed by atoms with Crippen LogP contribution in [-0.2, 0) is 4.79 Å². The van der Waals surface area contributed by atoms with Gasteiger partial charge in [-0.25, -0.2) is 4.79 Å². The second kappa shape index (κ2) is 5.60. The Morgan fingerprint density at radius 3 is 2.91 bits per heavy atom. The number of hydrazone groups is 1. The molecule has 0 radical (unpaired) electrons. The first-order valence-corrected chi connectivity index (χ1v) is 3.37. The summed E-state index contributed by atoms with van der Waals surface area (Å²) in [4.78, 5) is 9.89. The van der Waals surface area contributed by atoms with Crippen molar-refractivity contribution in [2.45, 2.75) is 6.92 Å². The van der Waals surface area contributed by atoms with Crippen LogP contribution >= 0.6 is 12.2 Å². The number of nitrogens with zero attached hydrogens (tertiary/aromatic N) is 1. The number of thiocarbonyl (C=S) groups is 1. The van der Waals surface area contributed by atoms with Crippen LogP contribution in [0.2, 0.25) is 0 Å². The van der Waals surface area contributed by atoms with Gasteiger partial charge in [-0.1, -0.05) is 0 Å². The summed E-state index contributed by atoms with van der Waals surface area (Å²) in [5.41, 5.74) is 2.32. The highest BCUT2D eigenvalue weighted by Crippen LogP contribution is 1.65. The van der Waals surface area contributed by atoms with E-state index in [4.69, 9.17) is 5.11 Å². The quantitative estimate of drug-likeness (QED) is 0.307. The summed E-state index contributed by atoms with van der Waals surface area (Å²) in [5, 5.41) is 14.5. The van der Waals surface area contributed by atoms with Gasteiger partial charge in [-0.15, -0.1) is 0 Å². The van der Waals surface area contributed by atoms with Crippen LogP contribution in [0, 0.1) is 0 Å². The molecule has 0 aliphatic carbocycles. The van der Waals surface area contributed by atoms with Crippen molar-refractivity contribution in [2.24, 2.45) is 5.10 Å². The van der Waals surface area contributed by atoms with Gasteiger partial charge in [0.15, 0.2) is 5.11 Å². The molecule has 3 N–H and O–H groups in total. The van der Waals surface area contributed by atoms with Crippen molar-refractivity contribution < 1.29 is 9.90 Å². The number of hydrogen-bond donors (Lipinski definition) is 3. The average molecular weight is 175 g/mol. The lowest BCUT2D eigenvalue weighted by Gasteiger charge is -2.01. The summed E-state index contributed by atoms with van der Waals surface area (Å²) in [7, 11) is 0. The fourth-order valence-electron chi connectivity index (χ4n) is 0.346. The molecule has 0 bridgehead atoms. The van der Waals surface area contributed by atoms with Gasteiger partial charge >= 0.3 is 5.97 Å². The summed E-state index contributed by atoms with van der Waals surface area (Å²) in [6.07, 6.45) is 0.726. The molecule has 6 heteroatoms. The molecule has 0 rings (SSSR count). The third-order valence-electron chi connectivity index (χ3n) is 0.678. The van der Waals surface area contributed by atoms with Crippen LogP contribution in [0.25, 0.3) is 0 Å². The number of carboxylic acid groups (broad SMARTS) is 1. The van der Waals surface area contributed by atoms with Gasteiger partial charge in [-0.2, -0.15) is 5.10 Å². The van der Waals surface area contributed by atoms with E-state index in [1.54, 1.807) is 0 Å². The highest BCUT2D eigenvalue weighted by atomic mass is 32.1. The molecule has 0 aromatic carbocycles. The van der Waals surface area contributed by atoms with Crippen LogP contribution in [-0.4, -0.2) is 28.9 Å². The van der Waals surface area contributed by atoms with Crippen LogP contribution in [0.4, 0.5) is 0 Å². The zero-order valence-electron chi connectivity index (χ0n) is 6.00. The SMILES string of the molecule is CCNC(=S)N/N=C/C(=O)O. The molecule has 0 unspecified atom stereocenters. The van der Waals surface area contributed by atoms with E-state index in [1.807, 2.05) is 6.92 Å². The molecular formula is C5H9N3O2S. The molecule has 11 heavy (non-hydrogen) atoms. The number of carbonyl (C=O) groups is 1. The van der Waals surface area contributed by atoms with Crippen molar-refractivity contribution in [3.05, 3.63) is 0 Å². The Bertz CT molecular complexity index is 181. The normalized spacial score (nSPS) is 9.55. The van der Waals surface area contributed by atoms with E-state index in [0.717, 1.165) is 6.21 Å². The highest BCUT2D eigenvalue weighted by Gasteiger charge is 1.89. The van der Waals surface area contributed by atoms with Gasteiger partial charge in [0.25, 0.3) is 0 Å². The van der Waals surface area contributed by atoms with Crippen LogP contribution in [0.5, 0.6) is 0 Å². The van der Waals surface area contributed by atoms with Crippen molar-refractivity contribution in [3.8, 4) is 0 Å². The smallest absolute Gasteiger partial charge is 0.348 e. The Kier molecular flexibility index (Phi) is 5.01. The minimum absolute atomic E-state index is 0.310. The fourth-order valence-corrected chi connectivity index (χ4v) is 0.543. The largest absolute Gasteiger partial charge is 0.477 e. The number of nitrogens with one attached hydrogen (secondary N) is 2. The van der Waals surface area contributed by atoms with Crippen molar-refractivity contribution in [2.75, 3.05) is 6.54 Å². The second-order valence-corrected chi connectivity index (χ2v) is 1.98. The van der Waals surface area contributed by atoms with Crippen molar-refractivity contribution in [1.82, 2.24) is 10.7 Å². The average Bonchev–Trinajstić information content (AvgIpc) is 1.87. The monoisotopic (exact) mass is 175 g/mol. The van der Waals surface area contributed by atoms with E-state index in [9.17, 15) is 4.79 Å². The Hall–Kier alpha value is -1.17. The number of carboxylic acids is 1. The molecular weight excluding hydrogens is 166 g/mol. The van der Waals surface area contributed by atoms with Crippen LogP contribution < -0.4 is 10.7 Å². The van der Waals surface area contributed by atoms with E-state index in [-0.39, 0.29) is 0 Å². The lowest BCUT2D eigenvalue weighted by Crippen LogP contribution is -2.31. The van der Waals surface area contributed by atoms with Gasteiger partial charge in [0.1, 0.15) is 6.21 Å². The molecule has 5 nitrogen and oxygen atoms in total. The van der Waals surface area contributed by atoms with E-state index in [2.05, 4.69) is 28.1 Å². The Balaban J connectivity index is 3.53. The first kappa shape index (κ1) is 9.83. The molecule has 0 saturated heterocycles. The zero-order valence-corrected chi connectivity index (χ0v) is 6.81. The summed E-state index contributed by atoms with van der Waals surface area (Å²) >= 11 is 4.68. The van der Waals surface area contributed by atoms with E-state index < -0.39 is 5.97 Å². The zero-order chi connectivity index (χ0) is 8.69. The Labute approximate surface area is 69.5 Å². The lowest BCUT2D eigenvalue weighted by molar-refractivity contribution is -0.128. The molecule has 0 aromatic rings. The number of aliphatic carboxylic acids is 1. The van der Waals surface area contributed by atoms with Crippen molar-refractivity contribution >= 4 is 29.5 Å². The highest BCUT2D eigenvalue weighted by molar-refractivity contribution is 7.80. The lowest BCUT2D eigenvalue weighted by atomic mass is 10.7. The summed E-state index contributed by atoms with van der Waals surface area (Å²) in [6, 6.07) is 0. The standard InChI is InChI=1S/C5H9N3O2S/c1-2-6-5(11)8-7-3-4(9)10/h3H,2H2,1H3,(H,9,10)(H2,6,8,11)/b7-3+. The third-order valence-corrected chi connectivity index (χ3v) is 0.914. The van der Waals surface area contributed by atoms with Crippen LogP contribution in [0.3, 0.4) is 0 Å². The van der Waals surface area contributed by atoms with Gasteiger partial charge in [0, 0.05) is 6.54 Å². The molecule has 0 heterocycles. The first-order valence-electron chi connectivity index (χ1n) is 2.96. The van der Waals surface area contributed by atoms with Gasteiger partial charge < -0.3 is 10.4 Å². The maximum absolute atomic E-state index is 9.89. The van der Waals surface area contributed by atoms with Crippen molar-refractivity contribution in [3.63, 3.8) is 0 Å². The number of hydrogen-bond acceptors (Lipinski definition) is 3. The van der Waals surface area contributed by atoms with E-state index in [1.165, 1.54) is 0 Å². The van der Waals surface area contributed by atoms with E-state index >= 15 is 0 Å². The third kappa shape index (κ3) is 6.72. The Morgan fingerprint density at radius 2 is 2.45 bits per heavy atom. The molecule has 0 fully saturated rings. The number of rotatable bonds is 3. The molecule has 0 aliphatic heterocycles. The molecule has 0 amide bonds. The minimum Gasteiger partial charge on any atom is -0.477 e. The molecule has 0 saturated carbocycles. The molecule has 0 atom stereocenters. The molecule has 0 spiro atoms. The predicted octanol–water partition coefficient (Wildman–Crippen LogP) is -0.459. The van der Waals surface area contributed by atoms with Crippen LogP contribution in [0.15, 0.2) is 5.10 Å². The van der Waals surface area contributed by atoms with Crippen molar-refractivity contribution in [1.29, 1.82) is 0 Å². The maximum atomic E-state index is 9.89.